The van der Waals surface area contributed by atoms with E-state index in [4.69, 9.17) is 0 Å². The van der Waals surface area contributed by atoms with Gasteiger partial charge in [-0.15, -0.1) is 0 Å². The van der Waals surface area contributed by atoms with Crippen LogP contribution in [0, 0.1) is 17.3 Å². The van der Waals surface area contributed by atoms with Gasteiger partial charge in [-0.1, -0.05) is 13.8 Å². The Hall–Kier alpha value is -1.30. The quantitative estimate of drug-likeness (QED) is 0.587. The van der Waals surface area contributed by atoms with E-state index in [1.54, 1.807) is 0 Å². The van der Waals surface area contributed by atoms with Gasteiger partial charge >= 0.3 is 0 Å². The summed E-state index contributed by atoms with van der Waals surface area (Å²) < 4.78 is 0. The Morgan fingerprint density at radius 1 is 1.38 bits per heavy atom. The summed E-state index contributed by atoms with van der Waals surface area (Å²) in [4.78, 5) is 21.3. The van der Waals surface area contributed by atoms with E-state index in [1.807, 2.05) is 7.05 Å². The van der Waals surface area contributed by atoms with Gasteiger partial charge in [0.25, 0.3) is 0 Å². The predicted molar refractivity (Wildman–Crippen MR) is 106 cm³/mol. The highest BCUT2D eigenvalue weighted by Crippen LogP contribution is 2.36. The van der Waals surface area contributed by atoms with E-state index in [0.717, 1.165) is 50.9 Å². The van der Waals surface area contributed by atoms with Crippen LogP contribution in [0.1, 0.15) is 46.0 Å². The first kappa shape index (κ1) is 19.5. The summed E-state index contributed by atoms with van der Waals surface area (Å²) in [6.45, 7) is 12.1. The molecule has 3 aliphatic rings. The van der Waals surface area contributed by atoms with Gasteiger partial charge in [-0.3, -0.25) is 9.79 Å². The lowest BCUT2D eigenvalue weighted by molar-refractivity contribution is -0.119. The molecular weight excluding hydrogens is 326 g/mol. The fraction of sp³-hybridized carbons (Fsp3) is 0.900. The zero-order valence-corrected chi connectivity index (χ0v) is 16.9. The van der Waals surface area contributed by atoms with E-state index >= 15 is 0 Å². The van der Waals surface area contributed by atoms with E-state index in [9.17, 15) is 4.79 Å². The largest absolute Gasteiger partial charge is 0.356 e. The third kappa shape index (κ3) is 4.90. The molecule has 6 heteroatoms. The third-order valence-corrected chi connectivity index (χ3v) is 6.14. The van der Waals surface area contributed by atoms with Crippen LogP contribution in [-0.4, -0.2) is 74.5 Å². The molecule has 0 aliphatic carbocycles. The number of nitrogens with one attached hydrogen (secondary N) is 2. The standard InChI is InChI=1S/C20H37N5O/c1-16(2)12-24-8-4-6-17(13-24)11-22-19(21-3)25-9-5-7-20(15-25)10-18(26)23-14-20/h16-17H,4-15H2,1-3H3,(H,21,22)(H,23,26). The van der Waals surface area contributed by atoms with Crippen LogP contribution in [0.15, 0.2) is 4.99 Å². The maximum Gasteiger partial charge on any atom is 0.220 e. The molecule has 1 amide bonds. The molecule has 3 heterocycles. The SMILES string of the molecule is CN=C(NCC1CCCN(CC(C)C)C1)N1CCCC2(CNC(=O)C2)C1. The first-order valence-electron chi connectivity index (χ1n) is 10.4. The van der Waals surface area contributed by atoms with Crippen molar-refractivity contribution in [3.8, 4) is 0 Å². The molecule has 3 rings (SSSR count). The zero-order valence-electron chi connectivity index (χ0n) is 16.9. The second-order valence-corrected chi connectivity index (χ2v) is 9.07. The van der Waals surface area contributed by atoms with E-state index in [1.165, 1.54) is 32.5 Å². The second-order valence-electron chi connectivity index (χ2n) is 9.07. The molecule has 3 fully saturated rings. The Bertz CT molecular complexity index is 520. The molecule has 148 valence electrons. The number of carbonyl (C=O) groups is 1. The van der Waals surface area contributed by atoms with Gasteiger partial charge in [0.15, 0.2) is 5.96 Å². The average molecular weight is 364 g/mol. The smallest absolute Gasteiger partial charge is 0.220 e. The summed E-state index contributed by atoms with van der Waals surface area (Å²) in [6, 6.07) is 0. The number of carbonyl (C=O) groups excluding carboxylic acids is 1. The van der Waals surface area contributed by atoms with Gasteiger partial charge in [-0.25, -0.2) is 0 Å². The minimum Gasteiger partial charge on any atom is -0.356 e. The van der Waals surface area contributed by atoms with Crippen LogP contribution < -0.4 is 10.6 Å². The summed E-state index contributed by atoms with van der Waals surface area (Å²) in [5, 5.41) is 6.67. The first-order valence-corrected chi connectivity index (χ1v) is 10.4. The van der Waals surface area contributed by atoms with Crippen molar-refractivity contribution in [3.63, 3.8) is 0 Å². The minimum atomic E-state index is 0.117. The van der Waals surface area contributed by atoms with Crippen molar-refractivity contribution in [2.24, 2.45) is 22.2 Å². The van der Waals surface area contributed by atoms with Gasteiger partial charge in [0.05, 0.1) is 0 Å². The summed E-state index contributed by atoms with van der Waals surface area (Å²) in [6.07, 6.45) is 5.57. The number of piperidine rings is 2. The van der Waals surface area contributed by atoms with Crippen LogP contribution in [0.5, 0.6) is 0 Å². The van der Waals surface area contributed by atoms with Crippen LogP contribution in [0.25, 0.3) is 0 Å². The van der Waals surface area contributed by atoms with E-state index < -0.39 is 0 Å². The number of likely N-dealkylation sites (tertiary alicyclic amines) is 2. The number of nitrogens with zero attached hydrogens (tertiary/aromatic N) is 3. The Morgan fingerprint density at radius 2 is 2.23 bits per heavy atom. The van der Waals surface area contributed by atoms with Crippen molar-refractivity contribution in [3.05, 3.63) is 0 Å². The van der Waals surface area contributed by atoms with Crippen LogP contribution >= 0.6 is 0 Å². The second kappa shape index (κ2) is 8.59. The van der Waals surface area contributed by atoms with E-state index in [0.29, 0.717) is 12.3 Å². The summed E-state index contributed by atoms with van der Waals surface area (Å²) in [5.41, 5.74) is 0.117. The fourth-order valence-corrected chi connectivity index (χ4v) is 5.00. The van der Waals surface area contributed by atoms with Gasteiger partial charge in [-0.05, 0) is 44.1 Å². The van der Waals surface area contributed by atoms with E-state index in [-0.39, 0.29) is 11.3 Å². The fourth-order valence-electron chi connectivity index (χ4n) is 5.00. The van der Waals surface area contributed by atoms with Crippen LogP contribution in [0.4, 0.5) is 0 Å². The molecule has 0 aromatic rings. The highest BCUT2D eigenvalue weighted by molar-refractivity contribution is 5.81. The Labute approximate surface area is 158 Å². The lowest BCUT2D eigenvalue weighted by atomic mass is 9.79. The third-order valence-electron chi connectivity index (χ3n) is 6.14. The Balaban J connectivity index is 1.51. The number of hydrogen-bond donors (Lipinski definition) is 2. The van der Waals surface area contributed by atoms with Gasteiger partial charge < -0.3 is 20.4 Å². The predicted octanol–water partition coefficient (Wildman–Crippen LogP) is 1.53. The summed E-state index contributed by atoms with van der Waals surface area (Å²) >= 11 is 0. The van der Waals surface area contributed by atoms with Crippen LogP contribution in [0.3, 0.4) is 0 Å². The molecule has 2 unspecified atom stereocenters. The zero-order chi connectivity index (χ0) is 18.6. The molecule has 2 N–H and O–H groups in total. The maximum absolute atomic E-state index is 11.7. The van der Waals surface area contributed by atoms with Gasteiger partial charge in [0.2, 0.25) is 5.91 Å². The topological polar surface area (TPSA) is 60.0 Å². The Morgan fingerprint density at radius 3 is 2.92 bits per heavy atom. The molecule has 26 heavy (non-hydrogen) atoms. The normalized spacial score (nSPS) is 30.9. The molecule has 1 spiro atoms. The molecule has 3 saturated heterocycles. The van der Waals surface area contributed by atoms with Crippen LogP contribution in [-0.2, 0) is 4.79 Å². The van der Waals surface area contributed by atoms with Crippen molar-refractivity contribution in [2.75, 3.05) is 52.9 Å². The minimum absolute atomic E-state index is 0.117. The molecule has 0 radical (unpaired) electrons. The average Bonchev–Trinajstić information content (AvgIpc) is 2.95. The van der Waals surface area contributed by atoms with Crippen LogP contribution in [0.2, 0.25) is 0 Å². The highest BCUT2D eigenvalue weighted by atomic mass is 16.1. The lowest BCUT2D eigenvalue weighted by Gasteiger charge is -2.41. The molecule has 0 saturated carbocycles. The molecule has 0 aromatic heterocycles. The summed E-state index contributed by atoms with van der Waals surface area (Å²) in [5.74, 6) is 2.67. The summed E-state index contributed by atoms with van der Waals surface area (Å²) in [7, 11) is 1.88. The van der Waals surface area contributed by atoms with Crippen molar-refractivity contribution in [1.29, 1.82) is 0 Å². The number of rotatable bonds is 4. The first-order chi connectivity index (χ1) is 12.5. The highest BCUT2D eigenvalue weighted by Gasteiger charge is 2.42. The molecule has 0 aromatic carbocycles. The van der Waals surface area contributed by atoms with Gasteiger partial charge in [0, 0.05) is 58.2 Å². The van der Waals surface area contributed by atoms with Crippen molar-refractivity contribution in [2.45, 2.75) is 46.0 Å². The maximum atomic E-state index is 11.7. The molecule has 3 aliphatic heterocycles. The molecular formula is C20H37N5O. The van der Waals surface area contributed by atoms with Crippen molar-refractivity contribution < 1.29 is 4.79 Å². The van der Waals surface area contributed by atoms with Gasteiger partial charge in [-0.2, -0.15) is 0 Å². The van der Waals surface area contributed by atoms with Crippen molar-refractivity contribution >= 4 is 11.9 Å². The number of amides is 1. The van der Waals surface area contributed by atoms with Gasteiger partial charge in [0.1, 0.15) is 0 Å². The van der Waals surface area contributed by atoms with E-state index in [2.05, 4.69) is 39.3 Å². The molecule has 0 bridgehead atoms. The molecule has 6 nitrogen and oxygen atoms in total. The molecule has 2 atom stereocenters. The monoisotopic (exact) mass is 363 g/mol. The van der Waals surface area contributed by atoms with Crippen molar-refractivity contribution in [1.82, 2.24) is 20.4 Å². The number of guanidine groups is 1. The Kier molecular flexibility index (Phi) is 6.43. The lowest BCUT2D eigenvalue weighted by Crippen LogP contribution is -2.52. The number of hydrogen-bond acceptors (Lipinski definition) is 3. The number of aliphatic imine (C=N–C) groups is 1.